The van der Waals surface area contributed by atoms with Crippen LogP contribution in [0.4, 0.5) is 0 Å². The standard InChI is InChI=1S/C15H17ClN6O/c1-9(7-19-21-17)11-4-12(5-11)13-3-2-10(6-14(13)16)15(23)8-20-22-18/h2-3,6,9,11-12H,4-5,7-8H2,1H3. The highest BCUT2D eigenvalue weighted by atomic mass is 35.5. The number of azide groups is 2. The molecule has 1 unspecified atom stereocenters. The number of hydrogen-bond donors (Lipinski definition) is 0. The molecule has 0 N–H and O–H groups in total. The van der Waals surface area contributed by atoms with E-state index in [1.54, 1.807) is 12.1 Å². The van der Waals surface area contributed by atoms with Crippen molar-refractivity contribution in [3.05, 3.63) is 55.2 Å². The van der Waals surface area contributed by atoms with E-state index in [0.29, 0.717) is 34.9 Å². The Kier molecular flexibility index (Phi) is 5.88. The monoisotopic (exact) mass is 332 g/mol. The molecule has 2 rings (SSSR count). The Morgan fingerprint density at radius 3 is 2.65 bits per heavy atom. The van der Waals surface area contributed by atoms with Gasteiger partial charge in [0.1, 0.15) is 0 Å². The van der Waals surface area contributed by atoms with Gasteiger partial charge in [-0.25, -0.2) is 0 Å². The van der Waals surface area contributed by atoms with Crippen molar-refractivity contribution in [3.63, 3.8) is 0 Å². The van der Waals surface area contributed by atoms with Crippen LogP contribution in [-0.2, 0) is 0 Å². The molecule has 120 valence electrons. The summed E-state index contributed by atoms with van der Waals surface area (Å²) >= 11 is 6.30. The van der Waals surface area contributed by atoms with Crippen molar-refractivity contribution in [1.82, 2.24) is 0 Å². The van der Waals surface area contributed by atoms with E-state index in [0.717, 1.165) is 18.4 Å². The third kappa shape index (κ3) is 4.17. The van der Waals surface area contributed by atoms with Gasteiger partial charge in [0.05, 0.1) is 6.54 Å². The van der Waals surface area contributed by atoms with E-state index in [1.807, 2.05) is 6.07 Å². The smallest absolute Gasteiger partial charge is 0.168 e. The lowest BCUT2D eigenvalue weighted by molar-refractivity contribution is 0.100. The first-order valence-electron chi connectivity index (χ1n) is 7.41. The zero-order chi connectivity index (χ0) is 16.8. The van der Waals surface area contributed by atoms with Gasteiger partial charge < -0.3 is 0 Å². The zero-order valence-electron chi connectivity index (χ0n) is 12.8. The molecule has 1 fully saturated rings. The van der Waals surface area contributed by atoms with Crippen LogP contribution in [0.5, 0.6) is 0 Å². The van der Waals surface area contributed by atoms with Gasteiger partial charge in [-0.2, -0.15) is 0 Å². The van der Waals surface area contributed by atoms with Gasteiger partial charge in [0.15, 0.2) is 5.78 Å². The van der Waals surface area contributed by atoms with Crippen LogP contribution < -0.4 is 0 Å². The van der Waals surface area contributed by atoms with Crippen molar-refractivity contribution in [2.75, 3.05) is 13.1 Å². The van der Waals surface area contributed by atoms with Gasteiger partial charge >= 0.3 is 0 Å². The molecule has 0 bridgehead atoms. The van der Waals surface area contributed by atoms with Crippen molar-refractivity contribution in [2.24, 2.45) is 22.1 Å². The molecule has 0 aliphatic heterocycles. The molecule has 0 radical (unpaired) electrons. The molecule has 8 heteroatoms. The quantitative estimate of drug-likeness (QED) is 0.287. The number of rotatable bonds is 7. The predicted molar refractivity (Wildman–Crippen MR) is 88.4 cm³/mol. The van der Waals surface area contributed by atoms with E-state index in [9.17, 15) is 4.79 Å². The summed E-state index contributed by atoms with van der Waals surface area (Å²) in [4.78, 5) is 17.2. The number of benzene rings is 1. The lowest BCUT2D eigenvalue weighted by Crippen LogP contribution is -2.29. The maximum Gasteiger partial charge on any atom is 0.168 e. The fourth-order valence-electron chi connectivity index (χ4n) is 2.91. The van der Waals surface area contributed by atoms with E-state index in [1.165, 1.54) is 0 Å². The van der Waals surface area contributed by atoms with Crippen LogP contribution in [0.3, 0.4) is 0 Å². The number of carbonyl (C=O) groups is 1. The number of ketones is 1. The minimum Gasteiger partial charge on any atom is -0.294 e. The summed E-state index contributed by atoms with van der Waals surface area (Å²) in [6, 6.07) is 5.25. The van der Waals surface area contributed by atoms with Crippen LogP contribution >= 0.6 is 11.6 Å². The van der Waals surface area contributed by atoms with E-state index in [-0.39, 0.29) is 12.3 Å². The van der Waals surface area contributed by atoms with E-state index in [4.69, 9.17) is 22.7 Å². The molecule has 23 heavy (non-hydrogen) atoms. The fourth-order valence-corrected chi connectivity index (χ4v) is 3.25. The molecule has 0 spiro atoms. The minimum atomic E-state index is -0.245. The summed E-state index contributed by atoms with van der Waals surface area (Å²) in [5, 5.41) is 7.47. The van der Waals surface area contributed by atoms with Gasteiger partial charge in [-0.1, -0.05) is 40.9 Å². The maximum absolute atomic E-state index is 11.8. The van der Waals surface area contributed by atoms with Crippen LogP contribution in [0.1, 0.15) is 41.6 Å². The van der Waals surface area contributed by atoms with E-state index < -0.39 is 0 Å². The lowest BCUT2D eigenvalue weighted by Gasteiger charge is -2.39. The predicted octanol–water partition coefficient (Wildman–Crippen LogP) is 5.27. The lowest BCUT2D eigenvalue weighted by atomic mass is 9.66. The van der Waals surface area contributed by atoms with Gasteiger partial charge in [-0.05, 0) is 53.3 Å². The van der Waals surface area contributed by atoms with Crippen molar-refractivity contribution >= 4 is 17.4 Å². The molecule has 0 saturated heterocycles. The van der Waals surface area contributed by atoms with Gasteiger partial charge in [0.25, 0.3) is 0 Å². The van der Waals surface area contributed by atoms with Crippen LogP contribution in [-0.4, -0.2) is 18.9 Å². The Bertz CT molecular complexity index is 687. The van der Waals surface area contributed by atoms with E-state index in [2.05, 4.69) is 27.0 Å². The van der Waals surface area contributed by atoms with Crippen LogP contribution in [0.25, 0.3) is 20.9 Å². The molecule has 1 aromatic carbocycles. The highest BCUT2D eigenvalue weighted by Crippen LogP contribution is 2.47. The average molecular weight is 333 g/mol. The van der Waals surface area contributed by atoms with Crippen molar-refractivity contribution < 1.29 is 4.79 Å². The summed E-state index contributed by atoms with van der Waals surface area (Å²) in [6.07, 6.45) is 2.02. The van der Waals surface area contributed by atoms with Crippen LogP contribution in [0.2, 0.25) is 5.02 Å². The first-order valence-corrected chi connectivity index (χ1v) is 7.79. The highest BCUT2D eigenvalue weighted by Gasteiger charge is 2.34. The molecule has 7 nitrogen and oxygen atoms in total. The zero-order valence-corrected chi connectivity index (χ0v) is 13.5. The Morgan fingerprint density at radius 1 is 1.35 bits per heavy atom. The van der Waals surface area contributed by atoms with Crippen molar-refractivity contribution in [3.8, 4) is 0 Å². The second-order valence-corrected chi connectivity index (χ2v) is 6.27. The van der Waals surface area contributed by atoms with E-state index >= 15 is 0 Å². The Hall–Kier alpha value is -2.20. The summed E-state index contributed by atoms with van der Waals surface area (Å²) < 4.78 is 0. The fraction of sp³-hybridized carbons (Fsp3) is 0.533. The molecule has 1 saturated carbocycles. The number of hydrogen-bond acceptors (Lipinski definition) is 3. The number of halogens is 1. The van der Waals surface area contributed by atoms with Gasteiger partial charge in [-0.3, -0.25) is 4.79 Å². The molecular formula is C15H17ClN6O. The number of Topliss-reactive ketones (excluding diaryl/α,β-unsaturated/α-hetero) is 1. The summed E-state index contributed by atoms with van der Waals surface area (Å²) in [5.74, 6) is 1.03. The number of nitrogens with zero attached hydrogens (tertiary/aromatic N) is 6. The molecule has 0 aromatic heterocycles. The molecule has 1 atom stereocenters. The Morgan fingerprint density at radius 2 is 2.04 bits per heavy atom. The first kappa shape index (κ1) is 17.2. The number of carbonyl (C=O) groups excluding carboxylic acids is 1. The Labute approximate surface area is 138 Å². The van der Waals surface area contributed by atoms with Gasteiger partial charge in [0, 0.05) is 27.0 Å². The van der Waals surface area contributed by atoms with Crippen LogP contribution in [0.15, 0.2) is 28.4 Å². The summed E-state index contributed by atoms with van der Waals surface area (Å²) in [5.41, 5.74) is 18.1. The first-order chi connectivity index (χ1) is 11.1. The molecule has 1 aromatic rings. The molecule has 0 heterocycles. The normalized spacial score (nSPS) is 20.6. The topological polar surface area (TPSA) is 115 Å². The second kappa shape index (κ2) is 7.88. The maximum atomic E-state index is 11.8. The largest absolute Gasteiger partial charge is 0.294 e. The molecule has 1 aliphatic carbocycles. The van der Waals surface area contributed by atoms with Gasteiger partial charge in [0.2, 0.25) is 0 Å². The SMILES string of the molecule is CC(CN=[N+]=[N-])C1CC(c2ccc(C(=O)CN=[N+]=[N-])cc2Cl)C1. The highest BCUT2D eigenvalue weighted by molar-refractivity contribution is 6.31. The Balaban J connectivity index is 1.99. The van der Waals surface area contributed by atoms with Crippen molar-refractivity contribution in [2.45, 2.75) is 25.7 Å². The summed E-state index contributed by atoms with van der Waals surface area (Å²) in [6.45, 7) is 2.41. The molecular weight excluding hydrogens is 316 g/mol. The van der Waals surface area contributed by atoms with Crippen LogP contribution in [0, 0.1) is 11.8 Å². The molecule has 1 aliphatic rings. The third-order valence-corrected chi connectivity index (χ3v) is 4.78. The van der Waals surface area contributed by atoms with Crippen molar-refractivity contribution in [1.29, 1.82) is 0 Å². The van der Waals surface area contributed by atoms with Gasteiger partial charge in [-0.15, -0.1) is 0 Å². The minimum absolute atomic E-state index is 0.200. The average Bonchev–Trinajstić information content (AvgIpc) is 2.50. The second-order valence-electron chi connectivity index (χ2n) is 5.87. The third-order valence-electron chi connectivity index (χ3n) is 4.45. The summed E-state index contributed by atoms with van der Waals surface area (Å²) in [7, 11) is 0. The molecule has 0 amide bonds.